The molecule has 0 spiro atoms. The number of hydrogen-bond acceptors (Lipinski definition) is 4. The molecule has 1 rings (SSSR count). The largest absolute Gasteiger partial charge is 0.496 e. The Balaban J connectivity index is 2.90. The van der Waals surface area contributed by atoms with Crippen LogP contribution in [0.25, 0.3) is 0 Å². The summed E-state index contributed by atoms with van der Waals surface area (Å²) >= 11 is 0. The lowest BCUT2D eigenvalue weighted by molar-refractivity contribution is -0.125. The van der Waals surface area contributed by atoms with E-state index in [0.717, 1.165) is 22.4 Å². The lowest BCUT2D eigenvalue weighted by Crippen LogP contribution is -2.37. The molecular formula is C14H23N3O2. The summed E-state index contributed by atoms with van der Waals surface area (Å²) < 4.78 is 5.34. The molecule has 3 N–H and O–H groups in total. The standard InChI is InChI=1S/C14H23N3O2/c1-9-6-11(13(19-5)7-10(9)2)12(15)8-14(18)16-17(3)4/h6-7,12H,8,15H2,1-5H3,(H,16,18). The van der Waals surface area contributed by atoms with E-state index in [1.54, 1.807) is 26.2 Å². The molecule has 5 heteroatoms. The van der Waals surface area contributed by atoms with E-state index in [9.17, 15) is 4.79 Å². The fraction of sp³-hybridized carbons (Fsp3) is 0.500. The number of nitrogens with one attached hydrogen (secondary N) is 1. The van der Waals surface area contributed by atoms with Crippen molar-refractivity contribution in [3.63, 3.8) is 0 Å². The molecule has 0 radical (unpaired) electrons. The monoisotopic (exact) mass is 265 g/mol. The van der Waals surface area contributed by atoms with E-state index < -0.39 is 0 Å². The summed E-state index contributed by atoms with van der Waals surface area (Å²) in [4.78, 5) is 11.7. The zero-order valence-electron chi connectivity index (χ0n) is 12.3. The normalized spacial score (nSPS) is 12.4. The maximum atomic E-state index is 11.7. The molecule has 0 aliphatic rings. The highest BCUT2D eigenvalue weighted by Crippen LogP contribution is 2.28. The Bertz CT molecular complexity index is 458. The Hall–Kier alpha value is -1.59. The summed E-state index contributed by atoms with van der Waals surface area (Å²) in [5.74, 6) is 0.617. The molecular weight excluding hydrogens is 242 g/mol. The molecule has 1 amide bonds. The van der Waals surface area contributed by atoms with Gasteiger partial charge in [0.15, 0.2) is 0 Å². The average molecular weight is 265 g/mol. The maximum Gasteiger partial charge on any atom is 0.236 e. The summed E-state index contributed by atoms with van der Waals surface area (Å²) in [7, 11) is 5.14. The topological polar surface area (TPSA) is 67.6 Å². The van der Waals surface area contributed by atoms with Crippen molar-refractivity contribution in [2.75, 3.05) is 21.2 Å². The minimum absolute atomic E-state index is 0.113. The first kappa shape index (κ1) is 15.5. The molecule has 0 bridgehead atoms. The van der Waals surface area contributed by atoms with Crippen LogP contribution in [-0.2, 0) is 4.79 Å². The van der Waals surface area contributed by atoms with Crippen molar-refractivity contribution < 1.29 is 9.53 Å². The number of carbonyl (C=O) groups excluding carboxylic acids is 1. The Labute approximate surface area is 114 Å². The highest BCUT2D eigenvalue weighted by atomic mass is 16.5. The molecule has 1 aromatic rings. The van der Waals surface area contributed by atoms with Crippen molar-refractivity contribution >= 4 is 5.91 Å². The molecule has 0 aliphatic heterocycles. The molecule has 0 fully saturated rings. The number of nitrogens with two attached hydrogens (primary N) is 1. The zero-order valence-corrected chi connectivity index (χ0v) is 12.3. The van der Waals surface area contributed by atoms with Crippen molar-refractivity contribution in [3.05, 3.63) is 28.8 Å². The molecule has 0 aliphatic carbocycles. The first-order valence-electron chi connectivity index (χ1n) is 6.22. The van der Waals surface area contributed by atoms with Crippen LogP contribution in [0.1, 0.15) is 29.2 Å². The number of hydrazine groups is 1. The number of benzene rings is 1. The van der Waals surface area contributed by atoms with Crippen LogP contribution >= 0.6 is 0 Å². The van der Waals surface area contributed by atoms with Gasteiger partial charge in [-0.2, -0.15) is 0 Å². The van der Waals surface area contributed by atoms with Gasteiger partial charge >= 0.3 is 0 Å². The number of methoxy groups -OCH3 is 1. The van der Waals surface area contributed by atoms with Gasteiger partial charge in [-0.05, 0) is 31.0 Å². The van der Waals surface area contributed by atoms with Crippen LogP contribution in [0, 0.1) is 13.8 Å². The summed E-state index contributed by atoms with van der Waals surface area (Å²) in [6.45, 7) is 4.04. The number of hydrogen-bond donors (Lipinski definition) is 2. The lowest BCUT2D eigenvalue weighted by Gasteiger charge is -2.19. The number of aryl methyl sites for hydroxylation is 2. The first-order chi connectivity index (χ1) is 8.85. The fourth-order valence-corrected chi connectivity index (χ4v) is 1.88. The average Bonchev–Trinajstić information content (AvgIpc) is 2.30. The molecule has 0 saturated heterocycles. The van der Waals surface area contributed by atoms with Gasteiger partial charge in [0.25, 0.3) is 0 Å². The molecule has 0 heterocycles. The second-order valence-corrected chi connectivity index (χ2v) is 4.92. The second-order valence-electron chi connectivity index (χ2n) is 4.92. The molecule has 0 saturated carbocycles. The molecule has 5 nitrogen and oxygen atoms in total. The second kappa shape index (κ2) is 6.54. The highest BCUT2D eigenvalue weighted by Gasteiger charge is 2.17. The Morgan fingerprint density at radius 3 is 2.47 bits per heavy atom. The van der Waals surface area contributed by atoms with Crippen molar-refractivity contribution in [2.24, 2.45) is 5.73 Å². The third kappa shape index (κ3) is 4.22. The van der Waals surface area contributed by atoms with Gasteiger partial charge < -0.3 is 10.5 Å². The van der Waals surface area contributed by atoms with E-state index in [1.165, 1.54) is 0 Å². The number of carbonyl (C=O) groups is 1. The van der Waals surface area contributed by atoms with Gasteiger partial charge in [-0.15, -0.1) is 0 Å². The van der Waals surface area contributed by atoms with Gasteiger partial charge in [-0.25, -0.2) is 5.01 Å². The van der Waals surface area contributed by atoms with Gasteiger partial charge in [0.1, 0.15) is 5.75 Å². The zero-order chi connectivity index (χ0) is 14.6. The van der Waals surface area contributed by atoms with Crippen LogP contribution < -0.4 is 15.9 Å². The quantitative estimate of drug-likeness (QED) is 0.787. The number of nitrogens with zero attached hydrogens (tertiary/aromatic N) is 1. The van der Waals surface area contributed by atoms with E-state index in [-0.39, 0.29) is 18.4 Å². The SMILES string of the molecule is COc1cc(C)c(C)cc1C(N)CC(=O)NN(C)C. The van der Waals surface area contributed by atoms with Crippen LogP contribution in [0.2, 0.25) is 0 Å². The predicted molar refractivity (Wildman–Crippen MR) is 75.8 cm³/mol. The number of rotatable bonds is 5. The highest BCUT2D eigenvalue weighted by molar-refractivity contribution is 5.76. The predicted octanol–water partition coefficient (Wildman–Crippen LogP) is 1.29. The summed E-state index contributed by atoms with van der Waals surface area (Å²) in [5.41, 5.74) is 11.9. The molecule has 1 atom stereocenters. The number of ether oxygens (including phenoxy) is 1. The molecule has 19 heavy (non-hydrogen) atoms. The summed E-state index contributed by atoms with van der Waals surface area (Å²) in [6.07, 6.45) is 0.219. The van der Waals surface area contributed by atoms with Gasteiger partial charge in [0.2, 0.25) is 5.91 Å². The van der Waals surface area contributed by atoms with E-state index in [0.29, 0.717) is 0 Å². The maximum absolute atomic E-state index is 11.7. The minimum atomic E-state index is -0.380. The van der Waals surface area contributed by atoms with E-state index in [1.807, 2.05) is 26.0 Å². The Morgan fingerprint density at radius 1 is 1.37 bits per heavy atom. The lowest BCUT2D eigenvalue weighted by atomic mass is 9.98. The molecule has 0 aromatic heterocycles. The smallest absolute Gasteiger partial charge is 0.236 e. The fourth-order valence-electron chi connectivity index (χ4n) is 1.88. The Morgan fingerprint density at radius 2 is 1.95 bits per heavy atom. The van der Waals surface area contributed by atoms with Gasteiger partial charge in [0.05, 0.1) is 7.11 Å². The van der Waals surface area contributed by atoms with Gasteiger partial charge in [-0.1, -0.05) is 6.07 Å². The van der Waals surface area contributed by atoms with Crippen molar-refractivity contribution in [2.45, 2.75) is 26.3 Å². The van der Waals surface area contributed by atoms with Crippen LogP contribution in [0.15, 0.2) is 12.1 Å². The third-order valence-corrected chi connectivity index (χ3v) is 3.00. The molecule has 1 aromatic carbocycles. The number of amides is 1. The van der Waals surface area contributed by atoms with Crippen molar-refractivity contribution in [1.29, 1.82) is 0 Å². The van der Waals surface area contributed by atoms with Gasteiger partial charge in [-0.3, -0.25) is 10.2 Å². The third-order valence-electron chi connectivity index (χ3n) is 3.00. The van der Waals surface area contributed by atoms with Crippen molar-refractivity contribution in [1.82, 2.24) is 10.4 Å². The van der Waals surface area contributed by atoms with Crippen LogP contribution in [0.4, 0.5) is 0 Å². The first-order valence-corrected chi connectivity index (χ1v) is 6.22. The minimum Gasteiger partial charge on any atom is -0.496 e. The molecule has 1 unspecified atom stereocenters. The molecule has 106 valence electrons. The summed E-state index contributed by atoms with van der Waals surface area (Å²) in [5, 5.41) is 1.60. The van der Waals surface area contributed by atoms with Crippen LogP contribution in [-0.4, -0.2) is 32.1 Å². The van der Waals surface area contributed by atoms with E-state index in [4.69, 9.17) is 10.5 Å². The van der Waals surface area contributed by atoms with Crippen LogP contribution in [0.5, 0.6) is 5.75 Å². The Kier molecular flexibility index (Phi) is 5.32. The van der Waals surface area contributed by atoms with Crippen molar-refractivity contribution in [3.8, 4) is 5.75 Å². The van der Waals surface area contributed by atoms with Gasteiger partial charge in [0, 0.05) is 32.1 Å². The van der Waals surface area contributed by atoms with Crippen LogP contribution in [0.3, 0.4) is 0 Å². The van der Waals surface area contributed by atoms with E-state index >= 15 is 0 Å². The summed E-state index contributed by atoms with van der Waals surface area (Å²) in [6, 6.07) is 3.56. The van der Waals surface area contributed by atoms with E-state index in [2.05, 4.69) is 5.43 Å².